The van der Waals surface area contributed by atoms with Crippen LogP contribution in [0.2, 0.25) is 0 Å². The van der Waals surface area contributed by atoms with Gasteiger partial charge < -0.3 is 25.2 Å². The lowest BCUT2D eigenvalue weighted by molar-refractivity contribution is -0.142. The van der Waals surface area contributed by atoms with Gasteiger partial charge in [-0.15, -0.1) is 6.58 Å². The van der Waals surface area contributed by atoms with E-state index in [0.29, 0.717) is 18.8 Å². The molecule has 4 aliphatic rings. The molecular weight excluding hydrogens is 622 g/mol. The third kappa shape index (κ3) is 7.60. The average molecular weight is 672 g/mol. The SMILES string of the molecule is C=C[C@@H]1C[C@]1(NC(=O)[C@@H]1CN(c2ccc(C(C)C)cc2)CN1C(=O)C(NC(=O)OC1CCCC1)C(C)(C)C)C(=O)NS(=O)(=O)C1CC1. The molecule has 1 aromatic rings. The molecule has 47 heavy (non-hydrogen) atoms. The maximum atomic E-state index is 14.4. The van der Waals surface area contributed by atoms with Gasteiger partial charge in [0.05, 0.1) is 11.9 Å². The van der Waals surface area contributed by atoms with Crippen LogP contribution >= 0.6 is 0 Å². The Morgan fingerprint density at radius 2 is 1.68 bits per heavy atom. The summed E-state index contributed by atoms with van der Waals surface area (Å²) in [6, 6.07) is 5.86. The first-order valence-electron chi connectivity index (χ1n) is 16.7. The number of sulfonamides is 1. The van der Waals surface area contributed by atoms with E-state index in [9.17, 15) is 27.6 Å². The van der Waals surface area contributed by atoms with Gasteiger partial charge in [0.1, 0.15) is 23.7 Å². The number of hydrogen-bond donors (Lipinski definition) is 3. The number of rotatable bonds is 11. The zero-order chi connectivity index (χ0) is 34.3. The molecule has 0 spiro atoms. The number of amides is 4. The number of carbonyl (C=O) groups excluding carboxylic acids is 4. The standard InChI is InChI=1S/C34H49N5O7S/c1-7-23-18-34(23,31(42)37-47(44,45)26-16-17-26)36-29(40)27-19-38(24-14-12-22(13-15-24)21(2)3)20-39(27)30(41)28(33(4,5)6)35-32(43)46-25-10-8-9-11-25/h7,12-15,21,23,25-28H,1,8-11,16-20H2,2-6H3,(H,35,43)(H,36,40)(H,37,42)/t23-,27+,28?,34-/m1/s1. The van der Waals surface area contributed by atoms with E-state index >= 15 is 0 Å². The van der Waals surface area contributed by atoms with Crippen LogP contribution in [0, 0.1) is 11.3 Å². The molecule has 3 saturated carbocycles. The van der Waals surface area contributed by atoms with Crippen LogP contribution in [0.1, 0.15) is 91.0 Å². The second-order valence-corrected chi connectivity index (χ2v) is 16.8. The molecule has 4 atom stereocenters. The van der Waals surface area contributed by atoms with Crippen molar-refractivity contribution in [2.75, 3.05) is 18.1 Å². The molecule has 4 amide bonds. The number of benzene rings is 1. The van der Waals surface area contributed by atoms with Gasteiger partial charge >= 0.3 is 6.09 Å². The maximum Gasteiger partial charge on any atom is 0.408 e. The van der Waals surface area contributed by atoms with Gasteiger partial charge in [-0.05, 0) is 74.0 Å². The Balaban J connectivity index is 1.40. The van der Waals surface area contributed by atoms with Crippen molar-refractivity contribution >= 4 is 39.5 Å². The van der Waals surface area contributed by atoms with Gasteiger partial charge in [0.2, 0.25) is 21.8 Å². The van der Waals surface area contributed by atoms with Gasteiger partial charge in [-0.3, -0.25) is 19.1 Å². The summed E-state index contributed by atoms with van der Waals surface area (Å²) in [5.41, 5.74) is -0.274. The number of nitrogens with one attached hydrogen (secondary N) is 3. The van der Waals surface area contributed by atoms with E-state index in [1.54, 1.807) is 0 Å². The van der Waals surface area contributed by atoms with Crippen LogP contribution in [-0.2, 0) is 29.1 Å². The molecule has 0 radical (unpaired) electrons. The molecule has 12 nitrogen and oxygen atoms in total. The summed E-state index contributed by atoms with van der Waals surface area (Å²) in [6.45, 7) is 13.6. The van der Waals surface area contributed by atoms with E-state index < -0.39 is 68.0 Å². The highest BCUT2D eigenvalue weighted by atomic mass is 32.2. The molecule has 1 aromatic carbocycles. The number of carbonyl (C=O) groups is 4. The summed E-state index contributed by atoms with van der Waals surface area (Å²) in [7, 11) is -3.85. The molecule has 5 rings (SSSR count). The lowest BCUT2D eigenvalue weighted by Gasteiger charge is -2.35. The topological polar surface area (TPSA) is 154 Å². The van der Waals surface area contributed by atoms with E-state index in [1.807, 2.05) is 49.9 Å². The minimum Gasteiger partial charge on any atom is -0.446 e. The predicted octanol–water partition coefficient (Wildman–Crippen LogP) is 3.54. The number of alkyl carbamates (subject to hydrolysis) is 1. The molecule has 4 fully saturated rings. The van der Waals surface area contributed by atoms with Gasteiger partial charge in [0.15, 0.2) is 0 Å². The van der Waals surface area contributed by atoms with E-state index in [2.05, 4.69) is 35.8 Å². The Morgan fingerprint density at radius 1 is 1.04 bits per heavy atom. The normalized spacial score (nSPS) is 25.3. The molecule has 258 valence electrons. The summed E-state index contributed by atoms with van der Waals surface area (Å²) >= 11 is 0. The quantitative estimate of drug-likeness (QED) is 0.302. The maximum absolute atomic E-state index is 14.4. The zero-order valence-corrected chi connectivity index (χ0v) is 28.9. The lowest BCUT2D eigenvalue weighted by Crippen LogP contribution is -2.60. The van der Waals surface area contributed by atoms with Crippen LogP contribution in [0.3, 0.4) is 0 Å². The summed E-state index contributed by atoms with van der Waals surface area (Å²) in [6.07, 6.45) is 5.34. The van der Waals surface area contributed by atoms with Crippen molar-refractivity contribution in [3.8, 4) is 0 Å². The van der Waals surface area contributed by atoms with Crippen LogP contribution < -0.4 is 20.3 Å². The summed E-state index contributed by atoms with van der Waals surface area (Å²) < 4.78 is 33.0. The predicted molar refractivity (Wildman–Crippen MR) is 178 cm³/mol. The van der Waals surface area contributed by atoms with E-state index in [0.717, 1.165) is 36.9 Å². The third-order valence-corrected chi connectivity index (χ3v) is 11.6. The van der Waals surface area contributed by atoms with Crippen LogP contribution in [0.5, 0.6) is 0 Å². The minimum atomic E-state index is -3.85. The van der Waals surface area contributed by atoms with Gasteiger partial charge in [0.25, 0.3) is 5.91 Å². The Kier molecular flexibility index (Phi) is 9.69. The Morgan fingerprint density at radius 3 is 2.21 bits per heavy atom. The van der Waals surface area contributed by atoms with Crippen molar-refractivity contribution in [2.24, 2.45) is 11.3 Å². The summed E-state index contributed by atoms with van der Waals surface area (Å²) in [5.74, 6) is -2.01. The summed E-state index contributed by atoms with van der Waals surface area (Å²) in [4.78, 5) is 58.2. The largest absolute Gasteiger partial charge is 0.446 e. The van der Waals surface area contributed by atoms with Crippen LogP contribution in [0.4, 0.5) is 10.5 Å². The van der Waals surface area contributed by atoms with E-state index in [1.165, 1.54) is 11.0 Å². The van der Waals surface area contributed by atoms with Crippen LogP contribution in [0.25, 0.3) is 0 Å². The molecule has 13 heteroatoms. The first-order chi connectivity index (χ1) is 22.1. The number of nitrogens with zero attached hydrogens (tertiary/aromatic N) is 2. The van der Waals surface area contributed by atoms with Gasteiger partial charge in [0, 0.05) is 18.2 Å². The molecule has 3 aliphatic carbocycles. The van der Waals surface area contributed by atoms with Crippen LogP contribution in [-0.4, -0.2) is 79.3 Å². The average Bonchev–Trinajstić information content (AvgIpc) is 3.88. The van der Waals surface area contributed by atoms with Crippen molar-refractivity contribution < 1.29 is 32.3 Å². The van der Waals surface area contributed by atoms with Gasteiger partial charge in [-0.2, -0.15) is 0 Å². The molecule has 1 unspecified atom stereocenters. The number of ether oxygens (including phenoxy) is 1. The smallest absolute Gasteiger partial charge is 0.408 e. The Bertz CT molecular complexity index is 1500. The van der Waals surface area contributed by atoms with Crippen molar-refractivity contribution in [3.05, 3.63) is 42.5 Å². The van der Waals surface area contributed by atoms with Crippen LogP contribution in [0.15, 0.2) is 36.9 Å². The Hall–Kier alpha value is -3.61. The highest BCUT2D eigenvalue weighted by Crippen LogP contribution is 2.45. The van der Waals surface area contributed by atoms with Crippen molar-refractivity contribution in [2.45, 2.75) is 114 Å². The molecule has 1 heterocycles. The van der Waals surface area contributed by atoms with Gasteiger partial charge in [-0.1, -0.05) is 52.8 Å². The second kappa shape index (κ2) is 13.1. The third-order valence-electron chi connectivity index (χ3n) is 9.80. The Labute approximate surface area is 278 Å². The van der Waals surface area contributed by atoms with Gasteiger partial charge in [-0.25, -0.2) is 13.2 Å². The van der Waals surface area contributed by atoms with E-state index in [4.69, 9.17) is 4.74 Å². The van der Waals surface area contributed by atoms with E-state index in [-0.39, 0.29) is 25.7 Å². The molecule has 0 bridgehead atoms. The number of anilines is 1. The lowest BCUT2D eigenvalue weighted by atomic mass is 9.85. The molecule has 1 aliphatic heterocycles. The molecule has 1 saturated heterocycles. The minimum absolute atomic E-state index is 0.0595. The highest BCUT2D eigenvalue weighted by Gasteiger charge is 2.62. The fourth-order valence-corrected chi connectivity index (χ4v) is 7.86. The first-order valence-corrected chi connectivity index (χ1v) is 18.2. The highest BCUT2D eigenvalue weighted by molar-refractivity contribution is 7.91. The fraction of sp³-hybridized carbons (Fsp3) is 0.647. The molecule has 0 aromatic heterocycles. The zero-order valence-electron chi connectivity index (χ0n) is 28.1. The number of hydrogen-bond acceptors (Lipinski definition) is 8. The first kappa shape index (κ1) is 34.7. The second-order valence-electron chi connectivity index (χ2n) is 14.9. The van der Waals surface area contributed by atoms with Crippen molar-refractivity contribution in [1.29, 1.82) is 0 Å². The molecule has 3 N–H and O–H groups in total. The van der Waals surface area contributed by atoms with Crippen molar-refractivity contribution in [3.63, 3.8) is 0 Å². The fourth-order valence-electron chi connectivity index (χ4n) is 6.50. The molecular formula is C34H49N5O7S. The van der Waals surface area contributed by atoms with Crippen molar-refractivity contribution in [1.82, 2.24) is 20.3 Å². The monoisotopic (exact) mass is 671 g/mol. The summed E-state index contributed by atoms with van der Waals surface area (Å²) in [5, 5.41) is 5.00.